The van der Waals surface area contributed by atoms with E-state index >= 15 is 0 Å². The van der Waals surface area contributed by atoms with Crippen LogP contribution in [0, 0.1) is 0 Å². The van der Waals surface area contributed by atoms with Crippen molar-refractivity contribution in [3.05, 3.63) is 11.6 Å². The SMILES string of the molecule is COC1CC(O)C(=O)N1C1OCC=C1CO. The van der Waals surface area contributed by atoms with Crippen LogP contribution < -0.4 is 0 Å². The normalized spacial score (nSPS) is 34.7. The number of nitrogens with zero attached hydrogens (tertiary/aromatic N) is 1. The summed E-state index contributed by atoms with van der Waals surface area (Å²) in [5, 5.41) is 18.6. The van der Waals surface area contributed by atoms with Crippen LogP contribution >= 0.6 is 0 Å². The van der Waals surface area contributed by atoms with E-state index < -0.39 is 24.5 Å². The smallest absolute Gasteiger partial charge is 0.255 e. The molecule has 2 aliphatic rings. The van der Waals surface area contributed by atoms with E-state index in [4.69, 9.17) is 14.6 Å². The number of hydrogen-bond acceptors (Lipinski definition) is 5. The molecule has 2 N–H and O–H groups in total. The molecule has 0 bridgehead atoms. The number of methoxy groups -OCH3 is 1. The zero-order valence-corrected chi connectivity index (χ0v) is 9.00. The molecule has 1 fully saturated rings. The third-order valence-electron chi connectivity index (χ3n) is 2.90. The molecule has 0 aromatic carbocycles. The minimum Gasteiger partial charge on any atom is -0.392 e. The predicted molar refractivity (Wildman–Crippen MR) is 53.2 cm³/mol. The highest BCUT2D eigenvalue weighted by molar-refractivity contribution is 5.83. The van der Waals surface area contributed by atoms with Crippen LogP contribution in [0.15, 0.2) is 11.6 Å². The largest absolute Gasteiger partial charge is 0.392 e. The lowest BCUT2D eigenvalue weighted by Gasteiger charge is -2.30. The summed E-state index contributed by atoms with van der Waals surface area (Å²) in [6.45, 7) is 0.192. The highest BCUT2D eigenvalue weighted by Crippen LogP contribution is 2.28. The Kier molecular flexibility index (Phi) is 3.25. The lowest BCUT2D eigenvalue weighted by Crippen LogP contribution is -2.45. The first-order valence-corrected chi connectivity index (χ1v) is 5.13. The van der Waals surface area contributed by atoms with Crippen molar-refractivity contribution < 1.29 is 24.5 Å². The maximum absolute atomic E-state index is 11.7. The molecular weight excluding hydrogens is 214 g/mol. The third-order valence-corrected chi connectivity index (χ3v) is 2.90. The second kappa shape index (κ2) is 4.50. The monoisotopic (exact) mass is 229 g/mol. The van der Waals surface area contributed by atoms with Gasteiger partial charge in [-0.2, -0.15) is 0 Å². The first-order valence-electron chi connectivity index (χ1n) is 5.13. The van der Waals surface area contributed by atoms with E-state index in [-0.39, 0.29) is 13.0 Å². The van der Waals surface area contributed by atoms with E-state index in [2.05, 4.69) is 0 Å². The minimum atomic E-state index is -1.05. The van der Waals surface area contributed by atoms with Crippen molar-refractivity contribution in [2.45, 2.75) is 25.0 Å². The molecule has 2 rings (SSSR count). The van der Waals surface area contributed by atoms with Crippen molar-refractivity contribution in [1.82, 2.24) is 4.90 Å². The van der Waals surface area contributed by atoms with Crippen LogP contribution in [0.1, 0.15) is 6.42 Å². The van der Waals surface area contributed by atoms with Gasteiger partial charge in [0.25, 0.3) is 5.91 Å². The molecule has 0 spiro atoms. The number of aliphatic hydroxyl groups excluding tert-OH is 2. The summed E-state index contributed by atoms with van der Waals surface area (Å²) in [7, 11) is 1.47. The third kappa shape index (κ3) is 1.73. The van der Waals surface area contributed by atoms with E-state index in [9.17, 15) is 9.90 Å². The molecular formula is C10H15NO5. The van der Waals surface area contributed by atoms with Gasteiger partial charge < -0.3 is 19.7 Å². The van der Waals surface area contributed by atoms with Crippen molar-refractivity contribution in [2.75, 3.05) is 20.3 Å². The molecule has 0 aromatic rings. The van der Waals surface area contributed by atoms with Crippen LogP contribution in [-0.2, 0) is 14.3 Å². The Morgan fingerprint density at radius 3 is 3.06 bits per heavy atom. The summed E-state index contributed by atoms with van der Waals surface area (Å²) in [6.07, 6.45) is -0.197. The fourth-order valence-corrected chi connectivity index (χ4v) is 2.05. The number of rotatable bonds is 3. The zero-order valence-electron chi connectivity index (χ0n) is 9.00. The van der Waals surface area contributed by atoms with Gasteiger partial charge >= 0.3 is 0 Å². The fourth-order valence-electron chi connectivity index (χ4n) is 2.05. The summed E-state index contributed by atoms with van der Waals surface area (Å²) < 4.78 is 10.5. The Morgan fingerprint density at radius 2 is 2.44 bits per heavy atom. The van der Waals surface area contributed by atoms with Crippen molar-refractivity contribution in [3.8, 4) is 0 Å². The average molecular weight is 229 g/mol. The van der Waals surface area contributed by atoms with Crippen LogP contribution in [0.3, 0.4) is 0 Å². The van der Waals surface area contributed by atoms with Gasteiger partial charge in [-0.25, -0.2) is 0 Å². The number of carbonyl (C=O) groups excluding carboxylic acids is 1. The molecule has 2 aliphatic heterocycles. The van der Waals surface area contributed by atoms with Crippen molar-refractivity contribution in [2.24, 2.45) is 0 Å². The van der Waals surface area contributed by atoms with E-state index in [0.29, 0.717) is 12.2 Å². The molecule has 90 valence electrons. The maximum atomic E-state index is 11.7. The molecule has 1 amide bonds. The molecule has 1 saturated heterocycles. The fraction of sp³-hybridized carbons (Fsp3) is 0.700. The molecule has 3 atom stereocenters. The highest BCUT2D eigenvalue weighted by Gasteiger charge is 2.44. The van der Waals surface area contributed by atoms with E-state index in [1.807, 2.05) is 0 Å². The number of hydrogen-bond donors (Lipinski definition) is 2. The number of carbonyl (C=O) groups is 1. The van der Waals surface area contributed by atoms with Crippen LogP contribution in [0.2, 0.25) is 0 Å². The summed E-state index contributed by atoms with van der Waals surface area (Å²) >= 11 is 0. The van der Waals surface area contributed by atoms with E-state index in [1.165, 1.54) is 12.0 Å². The number of ether oxygens (including phenoxy) is 2. The second-order valence-electron chi connectivity index (χ2n) is 3.81. The standard InChI is InChI=1S/C10H15NO5/c1-15-8-4-7(13)9(14)11(8)10-6(5-12)2-3-16-10/h2,7-8,10,12-13H,3-5H2,1H3. The average Bonchev–Trinajstić information content (AvgIpc) is 2.84. The van der Waals surface area contributed by atoms with E-state index in [0.717, 1.165) is 0 Å². The molecule has 0 aliphatic carbocycles. The Labute approximate surface area is 93.1 Å². The molecule has 0 radical (unpaired) electrons. The molecule has 16 heavy (non-hydrogen) atoms. The van der Waals surface area contributed by atoms with Gasteiger partial charge in [-0.1, -0.05) is 6.08 Å². The topological polar surface area (TPSA) is 79.2 Å². The summed E-state index contributed by atoms with van der Waals surface area (Å²) in [5.74, 6) is -0.418. The predicted octanol–water partition coefficient (Wildman–Crippen LogP) is -1.17. The molecule has 6 heteroatoms. The summed E-state index contributed by atoms with van der Waals surface area (Å²) in [6, 6.07) is 0. The number of amides is 1. The Bertz CT molecular complexity index is 316. The highest BCUT2D eigenvalue weighted by atomic mass is 16.5. The Morgan fingerprint density at radius 1 is 1.69 bits per heavy atom. The number of aliphatic hydroxyl groups is 2. The zero-order chi connectivity index (χ0) is 11.7. The van der Waals surface area contributed by atoms with Gasteiger partial charge in [0.05, 0.1) is 13.2 Å². The van der Waals surface area contributed by atoms with Gasteiger partial charge in [0.2, 0.25) is 0 Å². The van der Waals surface area contributed by atoms with Crippen molar-refractivity contribution in [1.29, 1.82) is 0 Å². The second-order valence-corrected chi connectivity index (χ2v) is 3.81. The van der Waals surface area contributed by atoms with Crippen LogP contribution in [0.5, 0.6) is 0 Å². The summed E-state index contributed by atoms with van der Waals surface area (Å²) in [4.78, 5) is 13.1. The first kappa shape index (κ1) is 11.5. The first-order chi connectivity index (χ1) is 7.69. The van der Waals surface area contributed by atoms with Gasteiger partial charge in [-0.05, 0) is 0 Å². The lowest BCUT2D eigenvalue weighted by molar-refractivity contribution is -0.154. The molecule has 2 heterocycles. The molecule has 6 nitrogen and oxygen atoms in total. The van der Waals surface area contributed by atoms with Gasteiger partial charge in [0, 0.05) is 19.1 Å². The Balaban J connectivity index is 2.18. The lowest BCUT2D eigenvalue weighted by atomic mass is 10.2. The van der Waals surface area contributed by atoms with E-state index in [1.54, 1.807) is 6.08 Å². The van der Waals surface area contributed by atoms with Gasteiger partial charge in [-0.15, -0.1) is 0 Å². The quantitative estimate of drug-likeness (QED) is 0.596. The van der Waals surface area contributed by atoms with Gasteiger partial charge in [0.15, 0.2) is 6.23 Å². The summed E-state index contributed by atoms with van der Waals surface area (Å²) in [5.41, 5.74) is 0.629. The Hall–Kier alpha value is -0.950. The number of likely N-dealkylation sites (tertiary alicyclic amines) is 1. The van der Waals surface area contributed by atoms with Crippen LogP contribution in [-0.4, -0.2) is 59.9 Å². The van der Waals surface area contributed by atoms with Crippen molar-refractivity contribution in [3.63, 3.8) is 0 Å². The maximum Gasteiger partial charge on any atom is 0.255 e. The molecule has 0 aromatic heterocycles. The van der Waals surface area contributed by atoms with Crippen LogP contribution in [0.4, 0.5) is 0 Å². The van der Waals surface area contributed by atoms with Gasteiger partial charge in [0.1, 0.15) is 12.3 Å². The molecule has 3 unspecified atom stereocenters. The van der Waals surface area contributed by atoms with Gasteiger partial charge in [-0.3, -0.25) is 9.69 Å². The van der Waals surface area contributed by atoms with Crippen molar-refractivity contribution >= 4 is 5.91 Å². The molecule has 0 saturated carbocycles. The minimum absolute atomic E-state index is 0.166. The van der Waals surface area contributed by atoms with Crippen LogP contribution in [0.25, 0.3) is 0 Å².